The van der Waals surface area contributed by atoms with Crippen molar-refractivity contribution >= 4 is 5.84 Å². The lowest BCUT2D eigenvalue weighted by Gasteiger charge is -2.52. The van der Waals surface area contributed by atoms with Crippen molar-refractivity contribution in [2.75, 3.05) is 6.54 Å². The van der Waals surface area contributed by atoms with Crippen molar-refractivity contribution in [3.63, 3.8) is 0 Å². The first-order valence-corrected chi connectivity index (χ1v) is 12.3. The highest BCUT2D eigenvalue weighted by atomic mass is 19.4. The first-order valence-electron chi connectivity index (χ1n) is 12.3. The summed E-state index contributed by atoms with van der Waals surface area (Å²) in [5, 5.41) is 20.8. The summed E-state index contributed by atoms with van der Waals surface area (Å²) in [6.45, 7) is 8.39. The van der Waals surface area contributed by atoms with Crippen molar-refractivity contribution in [3.8, 4) is 5.75 Å². The van der Waals surface area contributed by atoms with Crippen LogP contribution in [0.1, 0.15) is 64.7 Å². The number of phenols is 1. The molecule has 1 aliphatic heterocycles. The summed E-state index contributed by atoms with van der Waals surface area (Å²) in [5.41, 5.74) is -0.659. The number of amidine groups is 1. The Morgan fingerprint density at radius 3 is 1.44 bits per heavy atom. The second-order valence-electron chi connectivity index (χ2n) is 12.2. The number of halogens is 14. The molecule has 1 aromatic rings. The number of aliphatic imine (C=N–C) groups is 1. The molecule has 0 bridgehead atoms. The lowest BCUT2D eigenvalue weighted by Crippen LogP contribution is -2.79. The highest BCUT2D eigenvalue weighted by Crippen LogP contribution is 2.58. The molecule has 0 saturated heterocycles. The molecule has 2 N–H and O–H groups in total. The topological polar surface area (TPSA) is 56.1 Å². The molecular weight excluding hydrogens is 626 g/mol. The number of benzene rings is 1. The van der Waals surface area contributed by atoms with Gasteiger partial charge in [-0.05, 0) is 40.4 Å². The molecule has 1 unspecified atom stereocenters. The molecule has 1 heterocycles. The first-order chi connectivity index (χ1) is 18.7. The Morgan fingerprint density at radius 1 is 0.698 bits per heavy atom. The van der Waals surface area contributed by atoms with Crippen LogP contribution in [0.15, 0.2) is 17.1 Å². The van der Waals surface area contributed by atoms with Gasteiger partial charge in [-0.15, -0.1) is 0 Å². The van der Waals surface area contributed by atoms with Crippen LogP contribution in [-0.2, 0) is 17.3 Å². The van der Waals surface area contributed by atoms with Gasteiger partial charge in [0.15, 0.2) is 5.84 Å². The molecule has 0 radical (unpaired) electrons. The molecule has 18 heteroatoms. The molecule has 0 saturated carbocycles. The SMILES string of the molecule is CC(C)(C)c1cc(CCCN2C(C(F)(F)C(F)(F)C(F)(F)F)=NC2(O)C(F)(F)C(F)(F)C(F)(F)F)cc(C(C)(C)C)c1O. The van der Waals surface area contributed by atoms with Crippen LogP contribution in [0.4, 0.5) is 61.5 Å². The van der Waals surface area contributed by atoms with E-state index in [1.54, 1.807) is 46.5 Å². The molecule has 0 spiro atoms. The zero-order chi connectivity index (χ0) is 34.2. The molecule has 0 fully saturated rings. The minimum absolute atomic E-state index is 0.154. The molecule has 248 valence electrons. The van der Waals surface area contributed by atoms with Crippen LogP contribution in [0.25, 0.3) is 0 Å². The van der Waals surface area contributed by atoms with Gasteiger partial charge in [0.1, 0.15) is 5.75 Å². The first kappa shape index (κ1) is 36.7. The van der Waals surface area contributed by atoms with Crippen molar-refractivity contribution in [1.82, 2.24) is 4.90 Å². The predicted molar refractivity (Wildman–Crippen MR) is 125 cm³/mol. The zero-order valence-electron chi connectivity index (χ0n) is 23.4. The van der Waals surface area contributed by atoms with Crippen LogP contribution in [0.5, 0.6) is 5.75 Å². The summed E-state index contributed by atoms with van der Waals surface area (Å²) >= 11 is 0. The molecule has 4 nitrogen and oxygen atoms in total. The van der Waals surface area contributed by atoms with Crippen molar-refractivity contribution in [2.45, 2.75) is 107 Å². The van der Waals surface area contributed by atoms with E-state index in [-0.39, 0.29) is 11.3 Å². The largest absolute Gasteiger partial charge is 0.507 e. The summed E-state index contributed by atoms with van der Waals surface area (Å²) in [4.78, 5) is 0.567. The fraction of sp³-hybridized carbons (Fsp3) is 0.720. The summed E-state index contributed by atoms with van der Waals surface area (Å²) in [6, 6.07) is 2.72. The second-order valence-corrected chi connectivity index (χ2v) is 12.2. The van der Waals surface area contributed by atoms with E-state index in [2.05, 4.69) is 0 Å². The highest BCUT2D eigenvalue weighted by Gasteiger charge is 2.86. The normalized spacial score (nSPS) is 19.8. The zero-order valence-corrected chi connectivity index (χ0v) is 23.4. The standard InChI is InChI=1S/C25H28F14N2O2/c1-17(2,3)13-10-12(11-14(15(13)42)18(4,5)6)8-7-9-41-16(19(26,27)20(28,29)23(34,35)36)40-25(41,43)22(32,33)21(30,31)24(37,38)39/h10-11,42-43H,7-9H2,1-6H3. The van der Waals surface area contributed by atoms with Gasteiger partial charge in [0.2, 0.25) is 0 Å². The lowest BCUT2D eigenvalue weighted by atomic mass is 9.78. The van der Waals surface area contributed by atoms with Gasteiger partial charge in [-0.25, -0.2) is 4.99 Å². The fourth-order valence-corrected chi connectivity index (χ4v) is 4.24. The number of nitrogens with zero attached hydrogens (tertiary/aromatic N) is 2. The van der Waals surface area contributed by atoms with Crippen molar-refractivity contribution in [1.29, 1.82) is 0 Å². The van der Waals surface area contributed by atoms with Crippen LogP contribution in [0, 0.1) is 0 Å². The number of phenolic OH excluding ortho intramolecular Hbond substituents is 1. The smallest absolute Gasteiger partial charge is 0.460 e. The van der Waals surface area contributed by atoms with E-state index in [1.807, 2.05) is 0 Å². The maximum atomic E-state index is 14.5. The summed E-state index contributed by atoms with van der Waals surface area (Å²) in [7, 11) is 0. The molecule has 43 heavy (non-hydrogen) atoms. The number of rotatable bonds is 8. The predicted octanol–water partition coefficient (Wildman–Crippen LogP) is 7.95. The van der Waals surface area contributed by atoms with Crippen molar-refractivity contribution in [3.05, 3.63) is 28.8 Å². The number of aliphatic hydroxyl groups is 1. The Labute approximate surface area is 236 Å². The fourth-order valence-electron chi connectivity index (χ4n) is 4.24. The van der Waals surface area contributed by atoms with Gasteiger partial charge in [-0.1, -0.05) is 53.7 Å². The second kappa shape index (κ2) is 10.3. The van der Waals surface area contributed by atoms with E-state index in [1.165, 1.54) is 12.1 Å². The van der Waals surface area contributed by atoms with Crippen molar-refractivity contribution < 1.29 is 71.7 Å². The molecule has 1 aromatic carbocycles. The van der Waals surface area contributed by atoms with E-state index in [9.17, 15) is 71.7 Å². The van der Waals surface area contributed by atoms with Crippen LogP contribution in [-0.4, -0.2) is 69.4 Å². The average molecular weight is 654 g/mol. The van der Waals surface area contributed by atoms with Gasteiger partial charge in [0, 0.05) is 6.54 Å². The molecule has 1 atom stereocenters. The molecule has 0 aromatic heterocycles. The van der Waals surface area contributed by atoms with E-state index in [0.717, 1.165) is 0 Å². The number of alkyl halides is 14. The van der Waals surface area contributed by atoms with Gasteiger partial charge >= 0.3 is 41.9 Å². The maximum absolute atomic E-state index is 14.5. The lowest BCUT2D eigenvalue weighted by molar-refractivity contribution is -0.408. The van der Waals surface area contributed by atoms with E-state index in [0.29, 0.717) is 11.1 Å². The van der Waals surface area contributed by atoms with E-state index < -0.39 is 82.8 Å². The van der Waals surface area contributed by atoms with E-state index >= 15 is 0 Å². The Kier molecular flexibility index (Phi) is 8.74. The highest BCUT2D eigenvalue weighted by molar-refractivity contribution is 5.95. The molecule has 2 rings (SSSR count). The van der Waals surface area contributed by atoms with Gasteiger partial charge < -0.3 is 15.1 Å². The van der Waals surface area contributed by atoms with Gasteiger partial charge in [0.25, 0.3) is 0 Å². The minimum atomic E-state index is -7.20. The Bertz CT molecular complexity index is 1210. The van der Waals surface area contributed by atoms with Crippen molar-refractivity contribution in [2.24, 2.45) is 4.99 Å². The molecule has 0 amide bonds. The Balaban J connectivity index is 2.62. The minimum Gasteiger partial charge on any atom is -0.507 e. The number of aryl methyl sites for hydroxylation is 1. The average Bonchev–Trinajstić information content (AvgIpc) is 2.77. The summed E-state index contributed by atoms with van der Waals surface area (Å²) in [5.74, 6) is -36.1. The number of aromatic hydroxyl groups is 1. The summed E-state index contributed by atoms with van der Waals surface area (Å²) < 4.78 is 189. The van der Waals surface area contributed by atoms with E-state index in [4.69, 9.17) is 0 Å². The third-order valence-corrected chi connectivity index (χ3v) is 6.73. The molecule has 0 aliphatic carbocycles. The van der Waals surface area contributed by atoms with Crippen LogP contribution in [0.3, 0.4) is 0 Å². The third kappa shape index (κ3) is 5.83. The summed E-state index contributed by atoms with van der Waals surface area (Å²) in [6.07, 6.45) is -15.5. The number of hydrogen-bond donors (Lipinski definition) is 2. The quantitative estimate of drug-likeness (QED) is 0.280. The van der Waals surface area contributed by atoms with Gasteiger partial charge in [-0.2, -0.15) is 61.5 Å². The maximum Gasteiger partial charge on any atom is 0.460 e. The van der Waals surface area contributed by atoms with Crippen LogP contribution in [0.2, 0.25) is 0 Å². The Hall–Kier alpha value is -2.53. The number of hydrogen-bond acceptors (Lipinski definition) is 4. The monoisotopic (exact) mass is 654 g/mol. The van der Waals surface area contributed by atoms with Gasteiger partial charge in [-0.3, -0.25) is 0 Å². The molecular formula is C25H28F14N2O2. The molecule has 1 aliphatic rings. The van der Waals surface area contributed by atoms with Crippen LogP contribution >= 0.6 is 0 Å². The Morgan fingerprint density at radius 2 is 1.09 bits per heavy atom. The third-order valence-electron chi connectivity index (χ3n) is 6.73. The van der Waals surface area contributed by atoms with Crippen LogP contribution < -0.4 is 0 Å². The van der Waals surface area contributed by atoms with Gasteiger partial charge in [0.05, 0.1) is 0 Å².